The standard InChI is InChI=1S/C27H25FN6O3/c1-35-25-12-19(4-7-24(25)37-17-18-2-3-20(13-28)30-15-18)32-22-5-6-23-27(21(22)14-29)33-26(16-31-23)34-8-10-36-11-9-34/h2-7,12,15-16,32H,8-11,13,17H2,1H3. The van der Waals surface area contributed by atoms with Crippen LogP contribution in [0.4, 0.5) is 21.6 Å². The van der Waals surface area contributed by atoms with Gasteiger partial charge >= 0.3 is 0 Å². The third kappa shape index (κ3) is 5.37. The molecule has 4 aromatic rings. The number of nitrogens with one attached hydrogen (secondary N) is 1. The van der Waals surface area contributed by atoms with Gasteiger partial charge in [0, 0.05) is 36.6 Å². The zero-order valence-corrected chi connectivity index (χ0v) is 20.3. The van der Waals surface area contributed by atoms with Crippen molar-refractivity contribution in [3.8, 4) is 17.6 Å². The van der Waals surface area contributed by atoms with Crippen LogP contribution in [0.1, 0.15) is 16.8 Å². The molecule has 188 valence electrons. The minimum Gasteiger partial charge on any atom is -0.493 e. The van der Waals surface area contributed by atoms with E-state index in [2.05, 4.69) is 26.3 Å². The average Bonchev–Trinajstić information content (AvgIpc) is 2.96. The van der Waals surface area contributed by atoms with Crippen LogP contribution in [0.15, 0.2) is 54.9 Å². The molecule has 0 atom stereocenters. The van der Waals surface area contributed by atoms with Crippen molar-refractivity contribution in [2.45, 2.75) is 13.3 Å². The zero-order valence-electron chi connectivity index (χ0n) is 20.3. The zero-order chi connectivity index (χ0) is 25.6. The molecule has 5 rings (SSSR count). The second-order valence-electron chi connectivity index (χ2n) is 8.37. The smallest absolute Gasteiger partial charge is 0.162 e. The van der Waals surface area contributed by atoms with E-state index < -0.39 is 6.67 Å². The van der Waals surface area contributed by atoms with Gasteiger partial charge in [0.1, 0.15) is 36.2 Å². The molecule has 0 saturated carbocycles. The van der Waals surface area contributed by atoms with Crippen molar-refractivity contribution in [1.82, 2.24) is 15.0 Å². The van der Waals surface area contributed by atoms with Gasteiger partial charge in [0.2, 0.25) is 0 Å². The first-order valence-corrected chi connectivity index (χ1v) is 11.8. The van der Waals surface area contributed by atoms with Crippen molar-refractivity contribution in [2.24, 2.45) is 0 Å². The topological polar surface area (TPSA) is 105 Å². The Morgan fingerprint density at radius 2 is 1.95 bits per heavy atom. The Morgan fingerprint density at radius 1 is 1.08 bits per heavy atom. The van der Waals surface area contributed by atoms with E-state index >= 15 is 0 Å². The van der Waals surface area contributed by atoms with Crippen molar-refractivity contribution < 1.29 is 18.6 Å². The predicted molar refractivity (Wildman–Crippen MR) is 137 cm³/mol. The third-order valence-electron chi connectivity index (χ3n) is 6.01. The fourth-order valence-electron chi connectivity index (χ4n) is 4.03. The highest BCUT2D eigenvalue weighted by atomic mass is 19.1. The Labute approximate surface area is 213 Å². The van der Waals surface area contributed by atoms with Crippen LogP contribution in [-0.4, -0.2) is 48.4 Å². The average molecular weight is 501 g/mol. The molecule has 1 N–H and O–H groups in total. The van der Waals surface area contributed by atoms with Crippen molar-refractivity contribution in [1.29, 1.82) is 5.26 Å². The van der Waals surface area contributed by atoms with Crippen molar-refractivity contribution in [3.63, 3.8) is 0 Å². The van der Waals surface area contributed by atoms with Crippen LogP contribution in [0.5, 0.6) is 11.5 Å². The lowest BCUT2D eigenvalue weighted by molar-refractivity contribution is 0.122. The van der Waals surface area contributed by atoms with E-state index in [-0.39, 0.29) is 6.61 Å². The van der Waals surface area contributed by atoms with Crippen LogP contribution in [0, 0.1) is 11.3 Å². The van der Waals surface area contributed by atoms with E-state index in [4.69, 9.17) is 19.2 Å². The lowest BCUT2D eigenvalue weighted by Crippen LogP contribution is -2.36. The number of halogens is 1. The summed E-state index contributed by atoms with van der Waals surface area (Å²) < 4.78 is 29.5. The highest BCUT2D eigenvalue weighted by Crippen LogP contribution is 2.34. The van der Waals surface area contributed by atoms with E-state index in [9.17, 15) is 9.65 Å². The largest absolute Gasteiger partial charge is 0.493 e. The summed E-state index contributed by atoms with van der Waals surface area (Å²) in [6.07, 6.45) is 3.32. The third-order valence-corrected chi connectivity index (χ3v) is 6.01. The van der Waals surface area contributed by atoms with E-state index in [0.717, 1.165) is 24.5 Å². The Balaban J connectivity index is 1.37. The Kier molecular flexibility index (Phi) is 7.23. The number of benzene rings is 2. The van der Waals surface area contributed by atoms with E-state index in [1.54, 1.807) is 43.8 Å². The summed E-state index contributed by atoms with van der Waals surface area (Å²) >= 11 is 0. The fourth-order valence-corrected chi connectivity index (χ4v) is 4.03. The molecular formula is C27H25FN6O3. The number of nitriles is 1. The first-order chi connectivity index (χ1) is 18.2. The summed E-state index contributed by atoms with van der Waals surface area (Å²) in [5, 5.41) is 13.3. The number of anilines is 3. The van der Waals surface area contributed by atoms with Crippen LogP contribution in [-0.2, 0) is 18.0 Å². The molecule has 0 amide bonds. The minimum atomic E-state index is -0.601. The number of hydrogen-bond acceptors (Lipinski definition) is 9. The molecule has 0 radical (unpaired) electrons. The Hall–Kier alpha value is -4.49. The quantitative estimate of drug-likeness (QED) is 0.373. The second kappa shape index (κ2) is 11.1. The number of ether oxygens (including phenoxy) is 3. The van der Waals surface area contributed by atoms with E-state index in [1.807, 2.05) is 18.2 Å². The summed E-state index contributed by atoms with van der Waals surface area (Å²) in [6.45, 7) is 2.39. The molecule has 1 saturated heterocycles. The van der Waals surface area contributed by atoms with Crippen LogP contribution in [0.2, 0.25) is 0 Å². The molecule has 0 spiro atoms. The summed E-state index contributed by atoms with van der Waals surface area (Å²) in [7, 11) is 1.56. The number of alkyl halides is 1. The predicted octanol–water partition coefficient (Wildman–Crippen LogP) is 4.53. The SMILES string of the molecule is COc1cc(Nc2ccc3ncc(N4CCOCC4)nc3c2C#N)ccc1OCc1ccc(CF)nc1. The summed E-state index contributed by atoms with van der Waals surface area (Å²) in [5.74, 6) is 1.79. The first kappa shape index (κ1) is 24.2. The van der Waals surface area contributed by atoms with Gasteiger partial charge in [0.05, 0.1) is 43.4 Å². The molecule has 3 heterocycles. The lowest BCUT2D eigenvalue weighted by atomic mass is 10.1. The van der Waals surface area contributed by atoms with E-state index in [0.29, 0.717) is 58.4 Å². The van der Waals surface area contributed by atoms with Crippen molar-refractivity contribution in [2.75, 3.05) is 43.6 Å². The summed E-state index contributed by atoms with van der Waals surface area (Å²) in [6, 6.07) is 14.8. The maximum Gasteiger partial charge on any atom is 0.162 e. The van der Waals surface area contributed by atoms with Crippen LogP contribution in [0.3, 0.4) is 0 Å². The van der Waals surface area contributed by atoms with Gasteiger partial charge in [0.15, 0.2) is 11.5 Å². The molecular weight excluding hydrogens is 475 g/mol. The maximum absolute atomic E-state index is 12.7. The van der Waals surface area contributed by atoms with Crippen molar-refractivity contribution >= 4 is 28.2 Å². The van der Waals surface area contributed by atoms with Gasteiger partial charge in [-0.15, -0.1) is 0 Å². The number of methoxy groups -OCH3 is 1. The summed E-state index contributed by atoms with van der Waals surface area (Å²) in [4.78, 5) is 15.4. The molecule has 37 heavy (non-hydrogen) atoms. The van der Waals surface area contributed by atoms with Gasteiger partial charge in [-0.25, -0.2) is 9.37 Å². The number of aromatic nitrogens is 3. The molecule has 2 aromatic heterocycles. The second-order valence-corrected chi connectivity index (χ2v) is 8.37. The molecule has 9 nitrogen and oxygen atoms in total. The monoisotopic (exact) mass is 500 g/mol. The van der Waals surface area contributed by atoms with Gasteiger partial charge in [-0.05, 0) is 30.3 Å². The van der Waals surface area contributed by atoms with Crippen LogP contribution >= 0.6 is 0 Å². The molecule has 1 aliphatic rings. The number of pyridine rings is 1. The Morgan fingerprint density at radius 3 is 2.68 bits per heavy atom. The van der Waals surface area contributed by atoms with Gasteiger partial charge in [-0.1, -0.05) is 6.07 Å². The van der Waals surface area contributed by atoms with Crippen molar-refractivity contribution in [3.05, 3.63) is 71.7 Å². The number of morpholine rings is 1. The normalized spacial score (nSPS) is 13.3. The number of fused-ring (bicyclic) bond motifs is 1. The number of hydrogen-bond donors (Lipinski definition) is 1. The molecule has 10 heteroatoms. The maximum atomic E-state index is 12.7. The van der Waals surface area contributed by atoms with Gasteiger partial charge in [-0.3, -0.25) is 9.97 Å². The van der Waals surface area contributed by atoms with Gasteiger partial charge in [-0.2, -0.15) is 5.26 Å². The number of rotatable bonds is 8. The number of nitrogens with zero attached hydrogens (tertiary/aromatic N) is 5. The van der Waals surface area contributed by atoms with E-state index in [1.165, 1.54) is 0 Å². The van der Waals surface area contributed by atoms with Gasteiger partial charge < -0.3 is 24.4 Å². The molecule has 0 bridgehead atoms. The minimum absolute atomic E-state index is 0.260. The molecule has 0 aliphatic carbocycles. The summed E-state index contributed by atoms with van der Waals surface area (Å²) in [5.41, 5.74) is 4.11. The highest BCUT2D eigenvalue weighted by molar-refractivity contribution is 5.89. The lowest BCUT2D eigenvalue weighted by Gasteiger charge is -2.27. The molecule has 1 aliphatic heterocycles. The fraction of sp³-hybridized carbons (Fsp3) is 0.259. The Bertz CT molecular complexity index is 1440. The first-order valence-electron chi connectivity index (χ1n) is 11.8. The van der Waals surface area contributed by atoms with Gasteiger partial charge in [0.25, 0.3) is 0 Å². The molecule has 2 aromatic carbocycles. The molecule has 1 fully saturated rings. The van der Waals surface area contributed by atoms with Crippen LogP contribution < -0.4 is 19.7 Å². The highest BCUT2D eigenvalue weighted by Gasteiger charge is 2.17. The van der Waals surface area contributed by atoms with Crippen LogP contribution in [0.25, 0.3) is 11.0 Å². The molecule has 0 unspecified atom stereocenters.